The first-order chi connectivity index (χ1) is 6.13. The molecule has 1 heterocycles. The molecule has 3 nitrogen and oxygen atoms in total. The van der Waals surface area contributed by atoms with Crippen LogP contribution in [0.4, 0.5) is 0 Å². The third kappa shape index (κ3) is 2.86. The average Bonchev–Trinajstić information content (AvgIpc) is 2.08. The lowest BCUT2D eigenvalue weighted by Gasteiger charge is -2.11. The highest BCUT2D eigenvalue weighted by molar-refractivity contribution is 6.30. The quantitative estimate of drug-likeness (QED) is 0.761. The molecule has 0 unspecified atom stereocenters. The van der Waals surface area contributed by atoms with Crippen molar-refractivity contribution in [3.05, 3.63) is 23.0 Å². The molecule has 0 atom stereocenters. The molecular formula is C9H12ClNO2. The molecule has 1 aromatic rings. The van der Waals surface area contributed by atoms with Gasteiger partial charge in [0.05, 0.1) is 12.7 Å². The molecule has 0 aliphatic rings. The van der Waals surface area contributed by atoms with E-state index >= 15 is 0 Å². The van der Waals surface area contributed by atoms with E-state index in [1.807, 2.05) is 13.8 Å². The van der Waals surface area contributed by atoms with Crippen LogP contribution in [0.2, 0.25) is 5.15 Å². The van der Waals surface area contributed by atoms with Gasteiger partial charge in [-0.05, 0) is 25.5 Å². The lowest BCUT2D eigenvalue weighted by atomic mass is 10.3. The second-order valence-corrected chi connectivity index (χ2v) is 3.32. The van der Waals surface area contributed by atoms with E-state index < -0.39 is 0 Å². The van der Waals surface area contributed by atoms with Crippen molar-refractivity contribution < 1.29 is 9.84 Å². The Morgan fingerprint density at radius 1 is 1.62 bits per heavy atom. The van der Waals surface area contributed by atoms with E-state index in [0.29, 0.717) is 16.5 Å². The molecule has 0 fully saturated rings. The normalized spacial score (nSPS) is 10.5. The fourth-order valence-electron chi connectivity index (χ4n) is 0.891. The third-order valence-corrected chi connectivity index (χ3v) is 1.69. The van der Waals surface area contributed by atoms with Crippen LogP contribution in [0.15, 0.2) is 12.3 Å². The van der Waals surface area contributed by atoms with Gasteiger partial charge >= 0.3 is 0 Å². The molecule has 4 heteroatoms. The Kier molecular flexibility index (Phi) is 3.51. The Bertz CT molecular complexity index is 289. The largest absolute Gasteiger partial charge is 0.488 e. The summed E-state index contributed by atoms with van der Waals surface area (Å²) in [5, 5.41) is 9.17. The van der Waals surface area contributed by atoms with Gasteiger partial charge in [-0.15, -0.1) is 0 Å². The summed E-state index contributed by atoms with van der Waals surface area (Å²) < 4.78 is 5.38. The SMILES string of the molecule is CC(C)Oc1cc(CO)cnc1Cl. The maximum absolute atomic E-state index is 8.85. The molecule has 0 saturated carbocycles. The average molecular weight is 202 g/mol. The number of nitrogens with zero attached hydrogens (tertiary/aromatic N) is 1. The molecule has 1 aromatic heterocycles. The summed E-state index contributed by atoms with van der Waals surface area (Å²) in [6, 6.07) is 1.69. The molecule has 13 heavy (non-hydrogen) atoms. The number of rotatable bonds is 3. The zero-order chi connectivity index (χ0) is 9.84. The van der Waals surface area contributed by atoms with Crippen LogP contribution in [0.5, 0.6) is 5.75 Å². The van der Waals surface area contributed by atoms with Crippen LogP contribution in [-0.2, 0) is 6.61 Å². The lowest BCUT2D eigenvalue weighted by molar-refractivity contribution is 0.239. The van der Waals surface area contributed by atoms with Crippen LogP contribution >= 0.6 is 11.6 Å². The predicted octanol–water partition coefficient (Wildman–Crippen LogP) is 2.01. The molecule has 0 aliphatic carbocycles. The van der Waals surface area contributed by atoms with E-state index in [4.69, 9.17) is 21.4 Å². The molecular weight excluding hydrogens is 190 g/mol. The zero-order valence-electron chi connectivity index (χ0n) is 7.62. The van der Waals surface area contributed by atoms with Gasteiger partial charge in [-0.3, -0.25) is 0 Å². The molecule has 0 spiro atoms. The van der Waals surface area contributed by atoms with Gasteiger partial charge in [0.25, 0.3) is 0 Å². The monoisotopic (exact) mass is 201 g/mol. The van der Waals surface area contributed by atoms with Crippen molar-refractivity contribution in [2.45, 2.75) is 26.6 Å². The summed E-state index contributed by atoms with van der Waals surface area (Å²) >= 11 is 5.78. The number of hydrogen-bond donors (Lipinski definition) is 1. The minimum atomic E-state index is -0.0569. The fraction of sp³-hybridized carbons (Fsp3) is 0.444. The molecule has 0 bridgehead atoms. The number of ether oxygens (including phenoxy) is 1. The van der Waals surface area contributed by atoms with E-state index in [0.717, 1.165) is 0 Å². The summed E-state index contributed by atoms with van der Waals surface area (Å²) in [5.74, 6) is 0.517. The van der Waals surface area contributed by atoms with Gasteiger partial charge in [0.2, 0.25) is 0 Å². The van der Waals surface area contributed by atoms with Crippen molar-refractivity contribution in [2.75, 3.05) is 0 Å². The van der Waals surface area contributed by atoms with Crippen LogP contribution in [0, 0.1) is 0 Å². The van der Waals surface area contributed by atoms with Gasteiger partial charge in [-0.2, -0.15) is 0 Å². The number of aromatic nitrogens is 1. The van der Waals surface area contributed by atoms with E-state index in [2.05, 4.69) is 4.98 Å². The second-order valence-electron chi connectivity index (χ2n) is 2.96. The van der Waals surface area contributed by atoms with Gasteiger partial charge in [-0.25, -0.2) is 4.98 Å². The Morgan fingerprint density at radius 3 is 2.85 bits per heavy atom. The molecule has 0 radical (unpaired) electrons. The number of hydrogen-bond acceptors (Lipinski definition) is 3. The Balaban J connectivity index is 2.90. The zero-order valence-corrected chi connectivity index (χ0v) is 8.38. The first kappa shape index (κ1) is 10.3. The molecule has 0 saturated heterocycles. The molecule has 0 aliphatic heterocycles. The van der Waals surface area contributed by atoms with Gasteiger partial charge in [0.15, 0.2) is 10.9 Å². The molecule has 1 N–H and O–H groups in total. The maximum Gasteiger partial charge on any atom is 0.171 e. The molecule has 72 valence electrons. The van der Waals surface area contributed by atoms with Gasteiger partial charge in [0.1, 0.15) is 0 Å². The van der Waals surface area contributed by atoms with Crippen LogP contribution in [0.1, 0.15) is 19.4 Å². The van der Waals surface area contributed by atoms with Crippen LogP contribution in [0.3, 0.4) is 0 Å². The third-order valence-electron chi connectivity index (χ3n) is 1.41. The Morgan fingerprint density at radius 2 is 2.31 bits per heavy atom. The van der Waals surface area contributed by atoms with Crippen molar-refractivity contribution in [1.29, 1.82) is 0 Å². The predicted molar refractivity (Wildman–Crippen MR) is 50.9 cm³/mol. The first-order valence-electron chi connectivity index (χ1n) is 4.05. The topological polar surface area (TPSA) is 42.4 Å². The second kappa shape index (κ2) is 4.44. The Hall–Kier alpha value is -0.800. The standard InChI is InChI=1S/C9H12ClNO2/c1-6(2)13-8-3-7(5-12)4-11-9(8)10/h3-4,6,12H,5H2,1-2H3. The van der Waals surface area contributed by atoms with Crippen molar-refractivity contribution in [3.63, 3.8) is 0 Å². The summed E-state index contributed by atoms with van der Waals surface area (Å²) in [6.45, 7) is 3.75. The highest BCUT2D eigenvalue weighted by Crippen LogP contribution is 2.23. The first-order valence-corrected chi connectivity index (χ1v) is 4.43. The lowest BCUT2D eigenvalue weighted by Crippen LogP contribution is -2.06. The van der Waals surface area contributed by atoms with Crippen LogP contribution < -0.4 is 4.74 Å². The molecule has 1 rings (SSSR count). The van der Waals surface area contributed by atoms with Crippen molar-refractivity contribution >= 4 is 11.6 Å². The minimum Gasteiger partial charge on any atom is -0.488 e. The van der Waals surface area contributed by atoms with Gasteiger partial charge in [-0.1, -0.05) is 11.6 Å². The summed E-state index contributed by atoms with van der Waals surface area (Å²) in [7, 11) is 0. The maximum atomic E-state index is 8.85. The summed E-state index contributed by atoms with van der Waals surface area (Å²) in [5.41, 5.74) is 0.694. The van der Waals surface area contributed by atoms with Crippen molar-refractivity contribution in [1.82, 2.24) is 4.98 Å². The fourth-order valence-corrected chi connectivity index (χ4v) is 1.04. The van der Waals surface area contributed by atoms with E-state index in [9.17, 15) is 0 Å². The summed E-state index contributed by atoms with van der Waals surface area (Å²) in [4.78, 5) is 3.88. The van der Waals surface area contributed by atoms with Crippen LogP contribution in [0.25, 0.3) is 0 Å². The van der Waals surface area contributed by atoms with Crippen molar-refractivity contribution in [2.24, 2.45) is 0 Å². The number of halogens is 1. The van der Waals surface area contributed by atoms with E-state index in [1.165, 1.54) is 6.20 Å². The number of aliphatic hydroxyl groups is 1. The smallest absolute Gasteiger partial charge is 0.171 e. The van der Waals surface area contributed by atoms with E-state index in [-0.39, 0.29) is 12.7 Å². The van der Waals surface area contributed by atoms with Gasteiger partial charge in [0, 0.05) is 6.20 Å². The number of aliphatic hydroxyl groups excluding tert-OH is 1. The minimum absolute atomic E-state index is 0.0493. The Labute approximate surface area is 82.3 Å². The summed E-state index contributed by atoms with van der Waals surface area (Å²) in [6.07, 6.45) is 1.57. The highest BCUT2D eigenvalue weighted by atomic mass is 35.5. The van der Waals surface area contributed by atoms with Crippen molar-refractivity contribution in [3.8, 4) is 5.75 Å². The molecule has 0 amide bonds. The highest BCUT2D eigenvalue weighted by Gasteiger charge is 2.05. The number of pyridine rings is 1. The van der Waals surface area contributed by atoms with Crippen LogP contribution in [-0.4, -0.2) is 16.2 Å². The van der Waals surface area contributed by atoms with Gasteiger partial charge < -0.3 is 9.84 Å². The molecule has 0 aromatic carbocycles. The van der Waals surface area contributed by atoms with E-state index in [1.54, 1.807) is 6.07 Å².